The number of hydrogen-bond acceptors (Lipinski definition) is 4. The van der Waals surface area contributed by atoms with Crippen LogP contribution in [0.15, 0.2) is 24.3 Å². The first-order valence-corrected chi connectivity index (χ1v) is 9.87. The molecule has 1 aromatic rings. The van der Waals surface area contributed by atoms with E-state index in [1.807, 2.05) is 34.7 Å². The molecule has 1 aliphatic rings. The fourth-order valence-corrected chi connectivity index (χ4v) is 2.32. The number of benzene rings is 1. The zero-order valence-electron chi connectivity index (χ0n) is 17.3. The highest BCUT2D eigenvalue weighted by Crippen LogP contribution is 2.14. The van der Waals surface area contributed by atoms with E-state index in [4.69, 9.17) is 4.74 Å². The van der Waals surface area contributed by atoms with Crippen molar-refractivity contribution in [1.29, 1.82) is 0 Å². The van der Waals surface area contributed by atoms with Gasteiger partial charge in [-0.1, -0.05) is 39.8 Å². The van der Waals surface area contributed by atoms with Crippen LogP contribution < -0.4 is 10.6 Å². The van der Waals surface area contributed by atoms with E-state index in [0.717, 1.165) is 11.5 Å². The average Bonchev–Trinajstić information content (AvgIpc) is 2.72. The van der Waals surface area contributed by atoms with Crippen molar-refractivity contribution >= 4 is 6.29 Å². The average molecular weight is 371 g/mol. The third-order valence-corrected chi connectivity index (χ3v) is 3.63. The van der Waals surface area contributed by atoms with Crippen LogP contribution in [0.3, 0.4) is 0 Å². The number of ether oxygens (including phenoxy) is 1. The Morgan fingerprint density at radius 3 is 2.23 bits per heavy atom. The first-order valence-electron chi connectivity index (χ1n) is 9.87. The van der Waals surface area contributed by atoms with Crippen molar-refractivity contribution in [2.45, 2.75) is 53.6 Å². The van der Waals surface area contributed by atoms with Gasteiger partial charge in [0.25, 0.3) is 0 Å². The Morgan fingerprint density at radius 2 is 1.73 bits per heavy atom. The Hall–Kier alpha value is -1.30. The minimum atomic E-state index is -0.269. The molecule has 4 nitrogen and oxygen atoms in total. The molecule has 0 aromatic heterocycles. The highest BCUT2D eigenvalue weighted by Gasteiger charge is 2.11. The summed E-state index contributed by atoms with van der Waals surface area (Å²) >= 11 is 0. The first-order chi connectivity index (χ1) is 12.8. The Morgan fingerprint density at radius 1 is 1.15 bits per heavy atom. The first kappa shape index (κ1) is 26.9. The molecule has 0 amide bonds. The van der Waals surface area contributed by atoms with Gasteiger partial charge < -0.3 is 20.2 Å². The van der Waals surface area contributed by atoms with Gasteiger partial charge in [-0.3, -0.25) is 0 Å². The van der Waals surface area contributed by atoms with Crippen molar-refractivity contribution in [3.05, 3.63) is 35.6 Å². The molecule has 0 radical (unpaired) electrons. The predicted molar refractivity (Wildman–Crippen MR) is 109 cm³/mol. The normalized spacial score (nSPS) is 13.2. The number of halogens is 1. The molecule has 26 heavy (non-hydrogen) atoms. The zero-order chi connectivity index (χ0) is 20.0. The fraction of sp³-hybridized carbons (Fsp3) is 0.667. The highest BCUT2D eigenvalue weighted by molar-refractivity contribution is 5.50. The monoisotopic (exact) mass is 370 g/mol. The number of piperidine rings is 1. The number of nitrogens with one attached hydrogen (secondary N) is 2. The lowest BCUT2D eigenvalue weighted by atomic mass is 9.95. The van der Waals surface area contributed by atoms with Gasteiger partial charge >= 0.3 is 0 Å². The maximum atomic E-state index is 12.4. The van der Waals surface area contributed by atoms with Gasteiger partial charge in [-0.2, -0.15) is 0 Å². The number of hydrogen-bond donors (Lipinski definition) is 2. The van der Waals surface area contributed by atoms with Gasteiger partial charge in [-0.25, -0.2) is 4.39 Å². The molecule has 1 aliphatic heterocycles. The summed E-state index contributed by atoms with van der Waals surface area (Å²) in [6.45, 7) is 12.1. The van der Waals surface area contributed by atoms with Crippen LogP contribution in [0.2, 0.25) is 0 Å². The molecule has 0 saturated carbocycles. The van der Waals surface area contributed by atoms with Crippen molar-refractivity contribution in [2.75, 3.05) is 33.3 Å². The van der Waals surface area contributed by atoms with Gasteiger partial charge in [-0.15, -0.1) is 0 Å². The third kappa shape index (κ3) is 16.2. The van der Waals surface area contributed by atoms with Crippen molar-refractivity contribution < 1.29 is 13.9 Å². The van der Waals surface area contributed by atoms with E-state index in [0.29, 0.717) is 12.9 Å². The summed E-state index contributed by atoms with van der Waals surface area (Å²) in [6.07, 6.45) is 4.80. The molecule has 1 saturated heterocycles. The maximum absolute atomic E-state index is 12.4. The van der Waals surface area contributed by atoms with E-state index >= 15 is 0 Å². The topological polar surface area (TPSA) is 50.4 Å². The lowest BCUT2D eigenvalue weighted by molar-refractivity contribution is -0.112. The number of rotatable bonds is 7. The third-order valence-electron chi connectivity index (χ3n) is 3.63. The predicted octanol–water partition coefficient (Wildman–Crippen LogP) is 4.19. The van der Waals surface area contributed by atoms with Gasteiger partial charge in [0.15, 0.2) is 0 Å². The second-order valence-electron chi connectivity index (χ2n) is 5.39. The summed E-state index contributed by atoms with van der Waals surface area (Å²) in [6, 6.07) is 5.97. The molecule has 1 heterocycles. The van der Waals surface area contributed by atoms with Crippen LogP contribution in [-0.2, 0) is 16.1 Å². The number of carbonyl (C=O) groups is 1. The van der Waals surface area contributed by atoms with E-state index in [9.17, 15) is 9.18 Å². The fourth-order valence-electron chi connectivity index (χ4n) is 2.32. The lowest BCUT2D eigenvalue weighted by Crippen LogP contribution is -2.29. The summed E-state index contributed by atoms with van der Waals surface area (Å²) in [4.78, 5) is 9.86. The van der Waals surface area contributed by atoms with E-state index in [-0.39, 0.29) is 12.4 Å². The van der Waals surface area contributed by atoms with Gasteiger partial charge in [-0.05, 0) is 69.6 Å². The Labute approximate surface area is 159 Å². The Bertz CT molecular complexity index is 394. The van der Waals surface area contributed by atoms with Crippen LogP contribution in [0.5, 0.6) is 0 Å². The molecule has 2 N–H and O–H groups in total. The summed E-state index contributed by atoms with van der Waals surface area (Å²) in [7, 11) is 2.03. The quantitative estimate of drug-likeness (QED) is 0.558. The molecule has 1 fully saturated rings. The molecule has 2 rings (SSSR count). The van der Waals surface area contributed by atoms with E-state index in [1.54, 1.807) is 12.1 Å². The van der Waals surface area contributed by atoms with Crippen molar-refractivity contribution in [3.63, 3.8) is 0 Å². The molecular formula is C21H39FN2O2. The molecule has 0 atom stereocenters. The molecule has 5 heteroatoms. The zero-order valence-corrected chi connectivity index (χ0v) is 17.3. The van der Waals surface area contributed by atoms with Crippen molar-refractivity contribution in [3.8, 4) is 0 Å². The molecule has 0 bridgehead atoms. The molecule has 1 aromatic carbocycles. The SMILES string of the molecule is CC.CC.CNCCC1CCNCC1.O=CCOCc1ccc(F)cc1. The van der Waals surface area contributed by atoms with Crippen LogP contribution >= 0.6 is 0 Å². The summed E-state index contributed by atoms with van der Waals surface area (Å²) in [5, 5.41) is 6.57. The van der Waals surface area contributed by atoms with Crippen LogP contribution in [0, 0.1) is 11.7 Å². The van der Waals surface area contributed by atoms with Crippen molar-refractivity contribution in [2.24, 2.45) is 5.92 Å². The van der Waals surface area contributed by atoms with E-state index in [2.05, 4.69) is 10.6 Å². The molecule has 0 unspecified atom stereocenters. The summed E-state index contributed by atoms with van der Waals surface area (Å²) in [5.74, 6) is 0.711. The molecular weight excluding hydrogens is 331 g/mol. The minimum absolute atomic E-state index is 0.0807. The second kappa shape index (κ2) is 21.7. The lowest BCUT2D eigenvalue weighted by Gasteiger charge is -2.22. The Kier molecular flexibility index (Phi) is 22.5. The maximum Gasteiger partial charge on any atom is 0.145 e. The standard InChI is InChI=1S/C9H9FO2.C8H18N2.2C2H6/c10-9-3-1-8(2-4-9)7-12-6-5-11;1-9-5-2-8-3-6-10-7-4-8;2*1-2/h1-5H,6-7H2;8-10H,2-7H2,1H3;2*1-2H3. The van der Waals surface area contributed by atoms with E-state index < -0.39 is 0 Å². The van der Waals surface area contributed by atoms with Crippen LogP contribution in [0.25, 0.3) is 0 Å². The molecule has 0 aliphatic carbocycles. The van der Waals surface area contributed by atoms with Crippen molar-refractivity contribution in [1.82, 2.24) is 10.6 Å². The minimum Gasteiger partial charge on any atom is -0.369 e. The molecule has 152 valence electrons. The van der Waals surface area contributed by atoms with Gasteiger partial charge in [0, 0.05) is 0 Å². The van der Waals surface area contributed by atoms with Gasteiger partial charge in [0.2, 0.25) is 0 Å². The van der Waals surface area contributed by atoms with Crippen LogP contribution in [-0.4, -0.2) is 39.6 Å². The van der Waals surface area contributed by atoms with Gasteiger partial charge in [0.05, 0.1) is 6.61 Å². The highest BCUT2D eigenvalue weighted by atomic mass is 19.1. The van der Waals surface area contributed by atoms with E-state index in [1.165, 1.54) is 51.0 Å². The van der Waals surface area contributed by atoms with Crippen LogP contribution in [0.1, 0.15) is 52.5 Å². The Balaban J connectivity index is 0. The second-order valence-corrected chi connectivity index (χ2v) is 5.39. The number of carbonyl (C=O) groups excluding carboxylic acids is 1. The largest absolute Gasteiger partial charge is 0.369 e. The van der Waals surface area contributed by atoms with Crippen LogP contribution in [0.4, 0.5) is 4.39 Å². The van der Waals surface area contributed by atoms with Gasteiger partial charge in [0.1, 0.15) is 18.7 Å². The molecule has 0 spiro atoms. The number of aldehydes is 1. The smallest absolute Gasteiger partial charge is 0.145 e. The summed E-state index contributed by atoms with van der Waals surface area (Å²) < 4.78 is 17.3. The summed E-state index contributed by atoms with van der Waals surface area (Å²) in [5.41, 5.74) is 0.859.